The highest BCUT2D eigenvalue weighted by Gasteiger charge is 2.05. The van der Waals surface area contributed by atoms with Crippen molar-refractivity contribution in [1.82, 2.24) is 5.32 Å². The van der Waals surface area contributed by atoms with Crippen molar-refractivity contribution < 1.29 is 29.3 Å². The van der Waals surface area contributed by atoms with Crippen LogP contribution in [-0.2, 0) is 19.1 Å². The van der Waals surface area contributed by atoms with Crippen LogP contribution < -0.4 is 5.32 Å². The van der Waals surface area contributed by atoms with E-state index in [0.29, 0.717) is 0 Å². The maximum atomic E-state index is 10.8. The zero-order valence-electron chi connectivity index (χ0n) is 8.27. The highest BCUT2D eigenvalue weighted by molar-refractivity contribution is 5.74. The zero-order valence-corrected chi connectivity index (χ0v) is 8.27. The predicted octanol–water partition coefficient (Wildman–Crippen LogP) is -2.35. The number of aliphatic hydroxyl groups is 2. The molecule has 0 aromatic carbocycles. The second-order valence-corrected chi connectivity index (χ2v) is 2.49. The summed E-state index contributed by atoms with van der Waals surface area (Å²) in [6.45, 7) is -0.845. The smallest absolute Gasteiger partial charge is 0.320 e. The van der Waals surface area contributed by atoms with Gasteiger partial charge in [-0.3, -0.25) is 14.9 Å². The summed E-state index contributed by atoms with van der Waals surface area (Å²) in [5.41, 5.74) is 0. The van der Waals surface area contributed by atoms with Crippen LogP contribution in [0.3, 0.4) is 0 Å². The molecule has 0 aromatic heterocycles. The Morgan fingerprint density at radius 1 is 0.933 bits per heavy atom. The van der Waals surface area contributed by atoms with E-state index >= 15 is 0 Å². The molecule has 0 fully saturated rings. The molecule has 0 radical (unpaired) electrons. The molecule has 15 heavy (non-hydrogen) atoms. The Balaban J connectivity index is 3.36. The number of rotatable bonds is 8. The van der Waals surface area contributed by atoms with Gasteiger partial charge in [-0.15, -0.1) is 0 Å². The Morgan fingerprint density at radius 2 is 1.33 bits per heavy atom. The van der Waals surface area contributed by atoms with Crippen molar-refractivity contribution in [1.29, 1.82) is 0 Å². The molecule has 0 spiro atoms. The minimum Gasteiger partial charge on any atom is -0.462 e. The van der Waals surface area contributed by atoms with Gasteiger partial charge in [-0.25, -0.2) is 0 Å². The summed E-state index contributed by atoms with van der Waals surface area (Å²) in [6.07, 6.45) is 0. The maximum Gasteiger partial charge on any atom is 0.320 e. The van der Waals surface area contributed by atoms with E-state index in [2.05, 4.69) is 14.8 Å². The Morgan fingerprint density at radius 3 is 1.67 bits per heavy atom. The fourth-order valence-electron chi connectivity index (χ4n) is 0.688. The van der Waals surface area contributed by atoms with Gasteiger partial charge < -0.3 is 19.7 Å². The van der Waals surface area contributed by atoms with Crippen LogP contribution in [0.1, 0.15) is 0 Å². The molecule has 0 aliphatic heterocycles. The van der Waals surface area contributed by atoms with E-state index in [0.717, 1.165) is 0 Å². The number of esters is 2. The average Bonchev–Trinajstić information content (AvgIpc) is 2.23. The van der Waals surface area contributed by atoms with Crippen LogP contribution in [0.5, 0.6) is 0 Å². The van der Waals surface area contributed by atoms with Crippen molar-refractivity contribution >= 4 is 11.9 Å². The Hall–Kier alpha value is -1.18. The number of hydrogen-bond donors (Lipinski definition) is 3. The third kappa shape index (κ3) is 9.13. The van der Waals surface area contributed by atoms with Gasteiger partial charge in [0, 0.05) is 0 Å². The second kappa shape index (κ2) is 9.38. The molecule has 0 heterocycles. The van der Waals surface area contributed by atoms with Crippen LogP contribution >= 0.6 is 0 Å². The summed E-state index contributed by atoms with van der Waals surface area (Å²) in [6, 6.07) is 0. The van der Waals surface area contributed by atoms with Gasteiger partial charge in [0.1, 0.15) is 13.2 Å². The van der Waals surface area contributed by atoms with Gasteiger partial charge in [-0.05, 0) is 0 Å². The molecule has 0 aliphatic carbocycles. The molecule has 0 saturated heterocycles. The van der Waals surface area contributed by atoms with Crippen LogP contribution in [0.15, 0.2) is 0 Å². The number of aliphatic hydroxyl groups excluding tert-OH is 2. The lowest BCUT2D eigenvalue weighted by Gasteiger charge is -2.05. The largest absolute Gasteiger partial charge is 0.462 e. The minimum absolute atomic E-state index is 0.0600. The molecule has 7 nitrogen and oxygen atoms in total. The predicted molar refractivity (Wildman–Crippen MR) is 49.0 cm³/mol. The molecule has 0 saturated carbocycles. The van der Waals surface area contributed by atoms with Gasteiger partial charge in [0.25, 0.3) is 0 Å². The molecule has 0 aliphatic rings. The zero-order chi connectivity index (χ0) is 11.5. The monoisotopic (exact) mass is 221 g/mol. The van der Waals surface area contributed by atoms with Gasteiger partial charge in [0.2, 0.25) is 0 Å². The van der Waals surface area contributed by atoms with Crippen LogP contribution in [0.4, 0.5) is 0 Å². The Labute approximate surface area is 87.0 Å². The van der Waals surface area contributed by atoms with E-state index < -0.39 is 11.9 Å². The number of nitrogens with one attached hydrogen (secondary N) is 1. The van der Waals surface area contributed by atoms with Crippen molar-refractivity contribution in [3.05, 3.63) is 0 Å². The van der Waals surface area contributed by atoms with Crippen LogP contribution in [-0.4, -0.2) is 61.7 Å². The fraction of sp³-hybridized carbons (Fsp3) is 0.750. The SMILES string of the molecule is O=C(CNCC(=O)OCCO)OCCO. The first kappa shape index (κ1) is 13.8. The molecular weight excluding hydrogens is 206 g/mol. The summed E-state index contributed by atoms with van der Waals surface area (Å²) in [7, 11) is 0. The number of carbonyl (C=O) groups is 2. The van der Waals surface area contributed by atoms with Crippen molar-refractivity contribution in [2.24, 2.45) is 0 Å². The van der Waals surface area contributed by atoms with E-state index in [1.807, 2.05) is 0 Å². The topological polar surface area (TPSA) is 105 Å². The minimum atomic E-state index is -0.556. The van der Waals surface area contributed by atoms with Crippen molar-refractivity contribution in [2.45, 2.75) is 0 Å². The quantitative estimate of drug-likeness (QED) is 0.394. The fourth-order valence-corrected chi connectivity index (χ4v) is 0.688. The summed E-state index contributed by atoms with van der Waals surface area (Å²) in [5, 5.41) is 19.2. The van der Waals surface area contributed by atoms with Crippen LogP contribution in [0.2, 0.25) is 0 Å². The third-order valence-electron chi connectivity index (χ3n) is 1.25. The van der Waals surface area contributed by atoms with E-state index in [-0.39, 0.29) is 39.5 Å². The highest BCUT2D eigenvalue weighted by atomic mass is 16.5. The van der Waals surface area contributed by atoms with E-state index in [1.165, 1.54) is 0 Å². The summed E-state index contributed by atoms with van der Waals surface area (Å²) < 4.78 is 9.02. The molecule has 0 unspecified atom stereocenters. The molecule has 3 N–H and O–H groups in total. The maximum absolute atomic E-state index is 10.8. The molecule has 7 heteroatoms. The number of carbonyl (C=O) groups excluding carboxylic acids is 2. The molecule has 88 valence electrons. The number of hydrogen-bond acceptors (Lipinski definition) is 7. The van der Waals surface area contributed by atoms with Crippen molar-refractivity contribution in [2.75, 3.05) is 39.5 Å². The third-order valence-corrected chi connectivity index (χ3v) is 1.25. The lowest BCUT2D eigenvalue weighted by atomic mass is 10.5. The van der Waals surface area contributed by atoms with Gasteiger partial charge in [0.05, 0.1) is 26.3 Å². The van der Waals surface area contributed by atoms with E-state index in [9.17, 15) is 9.59 Å². The Kier molecular flexibility index (Phi) is 8.64. The molecular formula is C8H15NO6. The lowest BCUT2D eigenvalue weighted by molar-refractivity contribution is -0.145. The molecule has 0 atom stereocenters. The average molecular weight is 221 g/mol. The first-order chi connectivity index (χ1) is 7.20. The molecule has 0 aromatic rings. The first-order valence-corrected chi connectivity index (χ1v) is 4.44. The van der Waals surface area contributed by atoms with Gasteiger partial charge in [-0.1, -0.05) is 0 Å². The van der Waals surface area contributed by atoms with Gasteiger partial charge in [0.15, 0.2) is 0 Å². The second-order valence-electron chi connectivity index (χ2n) is 2.49. The standard InChI is InChI=1S/C8H15NO6/c10-1-3-14-7(12)5-9-6-8(13)15-4-2-11/h9-11H,1-6H2. The van der Waals surface area contributed by atoms with Crippen LogP contribution in [0, 0.1) is 0 Å². The molecule has 0 bridgehead atoms. The van der Waals surface area contributed by atoms with Crippen molar-refractivity contribution in [3.63, 3.8) is 0 Å². The molecule has 0 rings (SSSR count). The van der Waals surface area contributed by atoms with Crippen molar-refractivity contribution in [3.8, 4) is 0 Å². The van der Waals surface area contributed by atoms with Gasteiger partial charge in [-0.2, -0.15) is 0 Å². The van der Waals surface area contributed by atoms with E-state index in [4.69, 9.17) is 10.2 Å². The highest BCUT2D eigenvalue weighted by Crippen LogP contribution is 1.78. The Bertz CT molecular complexity index is 176. The van der Waals surface area contributed by atoms with E-state index in [1.54, 1.807) is 0 Å². The summed E-state index contributed by atoms with van der Waals surface area (Å²) in [5.74, 6) is -1.11. The summed E-state index contributed by atoms with van der Waals surface area (Å²) >= 11 is 0. The van der Waals surface area contributed by atoms with Gasteiger partial charge >= 0.3 is 11.9 Å². The normalized spacial score (nSPS) is 9.73. The number of ether oxygens (including phenoxy) is 2. The molecule has 0 amide bonds. The lowest BCUT2D eigenvalue weighted by Crippen LogP contribution is -2.31. The first-order valence-electron chi connectivity index (χ1n) is 4.44. The van der Waals surface area contributed by atoms with Crippen LogP contribution in [0.25, 0.3) is 0 Å². The summed E-state index contributed by atoms with van der Waals surface area (Å²) in [4.78, 5) is 21.6.